The average Bonchev–Trinajstić information content (AvgIpc) is 1.63. The predicted molar refractivity (Wildman–Crippen MR) is 508 cm³/mol. The number of carboxylic acids is 1. The van der Waals surface area contributed by atoms with Gasteiger partial charge in [0.1, 0.15) is 37.1 Å². The molecule has 3 fully saturated rings. The van der Waals surface area contributed by atoms with Crippen molar-refractivity contribution >= 4 is 266 Å². The largest absolute Gasteiger partial charge is 1.00 e. The van der Waals surface area contributed by atoms with Gasteiger partial charge in [0.05, 0.1) is 68.0 Å². The van der Waals surface area contributed by atoms with Crippen molar-refractivity contribution < 1.29 is 109 Å². The summed E-state index contributed by atoms with van der Waals surface area (Å²) in [5.41, 5.74) is 17.6. The van der Waals surface area contributed by atoms with Crippen LogP contribution in [0.2, 0.25) is 20.1 Å². The summed E-state index contributed by atoms with van der Waals surface area (Å²) in [6, 6.07) is 38.2. The molecule has 0 saturated carbocycles. The number of carbonyl (C=O) groups excluding carboxylic acids is 9. The Hall–Kier alpha value is -8.69. The number of nitriles is 3. The Morgan fingerprint density at radius 3 is 1.33 bits per heavy atom. The number of carboxylic acid groups (broad SMARTS) is 1. The number of carbonyl (C=O) groups is 10. The van der Waals surface area contributed by atoms with Crippen LogP contribution >= 0.6 is 119 Å². The molecule has 129 heavy (non-hydrogen) atoms. The van der Waals surface area contributed by atoms with E-state index in [2.05, 4.69) is 103 Å². The molecule has 27 nitrogen and oxygen atoms in total. The number of nitrogens with one attached hydrogen (secondary N) is 3. The Morgan fingerprint density at radius 1 is 0.581 bits per heavy atom. The number of ketones is 2. The van der Waals surface area contributed by atoms with Gasteiger partial charge in [-0.1, -0.05) is 133 Å². The van der Waals surface area contributed by atoms with Crippen molar-refractivity contribution in [3.8, 4) is 29.7 Å². The van der Waals surface area contributed by atoms with Crippen molar-refractivity contribution in [3.63, 3.8) is 0 Å². The van der Waals surface area contributed by atoms with Crippen LogP contribution in [-0.4, -0.2) is 149 Å². The number of fused-ring (bicyclic) bond motifs is 2. The number of nitrogens with two attached hydrogens (primary N) is 2. The second kappa shape index (κ2) is 53.7. The van der Waals surface area contributed by atoms with Crippen LogP contribution in [0.15, 0.2) is 171 Å². The molecule has 0 bridgehead atoms. The molecule has 2 aromatic heterocycles. The van der Waals surface area contributed by atoms with E-state index >= 15 is 8.78 Å². The maximum atomic E-state index is 15.7. The van der Waals surface area contributed by atoms with Gasteiger partial charge < -0.3 is 46.7 Å². The molecule has 6 amide bonds. The molecule has 8 aromatic carbocycles. The number of hydrogen-bond donors (Lipinski definition) is 5. The number of Topliss-reactive ketones (excluding diaryl/α,β-unsaturated/α-hetero) is 2. The van der Waals surface area contributed by atoms with Gasteiger partial charge in [0.25, 0.3) is 28.9 Å². The van der Waals surface area contributed by atoms with E-state index in [1.807, 2.05) is 38.3 Å². The number of rotatable bonds is 18. The topological polar surface area (TPSA) is 423 Å². The maximum absolute atomic E-state index is 15.7. The number of aromatic nitrogens is 4. The summed E-state index contributed by atoms with van der Waals surface area (Å²) in [5.74, 6) is -7.23. The predicted octanol–water partition coefficient (Wildman–Crippen LogP) is 12.7. The van der Waals surface area contributed by atoms with Crippen molar-refractivity contribution in [2.24, 2.45) is 11.5 Å². The van der Waals surface area contributed by atoms with Crippen LogP contribution in [-0.2, 0) is 108 Å². The fraction of sp³-hybridized carbons (Fsp3) is 0.232. The smallest absolute Gasteiger partial charge is 0.494 e. The fourth-order valence-corrected chi connectivity index (χ4v) is 14.3. The molecule has 0 unspecified atom stereocenters. The molecule has 3 aliphatic rings. The molecule has 5 heterocycles. The molecule has 4 atom stereocenters. The summed E-state index contributed by atoms with van der Waals surface area (Å²) in [4.78, 5) is 124. The van der Waals surface area contributed by atoms with Crippen molar-refractivity contribution in [1.29, 1.82) is 15.8 Å². The monoisotopic (exact) mass is 2170 g/mol. The summed E-state index contributed by atoms with van der Waals surface area (Å²) in [6.45, 7) is 6.14. The van der Waals surface area contributed by atoms with Gasteiger partial charge in [-0.3, -0.25) is 63.1 Å². The molecule has 13 rings (SSSR count). The van der Waals surface area contributed by atoms with E-state index in [1.165, 1.54) is 81.1 Å². The summed E-state index contributed by atoms with van der Waals surface area (Å²) in [5, 5.41) is 47.0. The Kier molecular flexibility index (Phi) is 47.7. The van der Waals surface area contributed by atoms with E-state index < -0.39 is 119 Å². The number of likely N-dealkylation sites (tertiary alicyclic amines) is 2. The summed E-state index contributed by atoms with van der Waals surface area (Å²) < 4.78 is 76.9. The Bertz CT molecular complexity index is 5950. The number of nitrogens with zero attached hydrogens (tertiary/aromatic N) is 9. The fourth-order valence-electron chi connectivity index (χ4n) is 12.5. The minimum absolute atomic E-state index is 0. The first kappa shape index (κ1) is 114. The van der Waals surface area contributed by atoms with Gasteiger partial charge in [0, 0.05) is 142 Å². The van der Waals surface area contributed by atoms with E-state index in [0.29, 0.717) is 61.4 Å². The third kappa shape index (κ3) is 31.0. The molecule has 8 N–H and O–H groups in total. The van der Waals surface area contributed by atoms with Crippen molar-refractivity contribution in [2.45, 2.75) is 110 Å². The minimum Gasteiger partial charge on any atom is -0.494 e. The van der Waals surface area contributed by atoms with Crippen molar-refractivity contribution in [1.82, 2.24) is 40.0 Å². The second-order valence-corrected chi connectivity index (χ2v) is 33.8. The Balaban J connectivity index is 0.000000452. The van der Waals surface area contributed by atoms with Crippen LogP contribution in [0.3, 0.4) is 0 Å². The maximum Gasteiger partial charge on any atom is 1.00 e. The van der Waals surface area contributed by atoms with Gasteiger partial charge in [-0.05, 0) is 183 Å². The third-order valence-corrected chi connectivity index (χ3v) is 23.2. The number of halogens is 12. The average molecular weight is 2180 g/mol. The van der Waals surface area contributed by atoms with E-state index in [4.69, 9.17) is 105 Å². The summed E-state index contributed by atoms with van der Waals surface area (Å²) in [6.07, 6.45) is -0.00715. The zero-order chi connectivity index (χ0) is 93.9. The van der Waals surface area contributed by atoms with Crippen molar-refractivity contribution in [2.75, 3.05) is 13.1 Å². The molecule has 3 saturated heterocycles. The SMILES string of the molecule is C.CC1(C)OB(c2cccc(CC(=O)[C@@H]3C[C@@H](F)CN3C(=O)Cn3nc(C(N)=O)c4ccccc43)c2F)OC1(C)C.N#CNC(=O)c1ccc(Cl)c(-c2cccc(CC(=O)[C@@H]3C[C@@H](F)CN3C(=O)Cn3nc(C(N)=O)c4ccccc43)c2F)c1.N#CNC(=O)c1ccc(Cl)c(Br)c1.N#C[NH-].O=C(Cl)c1ccc(Cl)c(Br)c1.O=C(O)c1ccc(Cl)c(Br)c1.S.S=S.S=S=S.[Na+]. The van der Waals surface area contributed by atoms with Gasteiger partial charge >= 0.3 is 42.6 Å². The molecular formula is C82H72BBr3Cl5F4N14NaO13S6. The number of para-hydroxylation sites is 2. The van der Waals surface area contributed by atoms with E-state index in [1.54, 1.807) is 103 Å². The number of amides is 6. The van der Waals surface area contributed by atoms with Gasteiger partial charge in [-0.15, -0.1) is 0 Å². The Morgan fingerprint density at radius 2 is 0.938 bits per heavy atom. The minimum atomic E-state index is -1.47. The second-order valence-electron chi connectivity index (χ2n) is 27.5. The molecule has 47 heteroatoms. The van der Waals surface area contributed by atoms with Gasteiger partial charge in [-0.2, -0.15) is 34.2 Å². The van der Waals surface area contributed by atoms with E-state index in [-0.39, 0.29) is 151 Å². The van der Waals surface area contributed by atoms with Crippen LogP contribution in [0.25, 0.3) is 38.7 Å². The van der Waals surface area contributed by atoms with E-state index in [0.717, 1.165) is 20.0 Å². The first-order chi connectivity index (χ1) is 59.6. The van der Waals surface area contributed by atoms with Crippen molar-refractivity contribution in [3.05, 3.63) is 253 Å². The van der Waals surface area contributed by atoms with Gasteiger partial charge in [0.2, 0.25) is 11.8 Å². The van der Waals surface area contributed by atoms with Crippen LogP contribution < -0.4 is 57.1 Å². The standard InChI is InChI=1S/C30H23ClF2N6O4.C28H31BF2N4O5.C8H4BrClN2O.C7H3BrCl2O.C7H4BrClO2.CHN2.CH4.Na.S3.S2.H2S/c31-22-9-8-17(30(43)36-15-34)10-21(22)19-6-3-4-16(27(19)33)11-25(40)24-12-18(32)13-38(24)26(41)14-39-23-7-2-1-5-20(23)28(37-39)29(35)42;1-27(2)28(3,4)40-29(39-27)19-10-7-8-16(24(19)31)12-22(36)21-13-17(30)14-34(21)23(37)15-35-20-11-6-5-9-18(20)25(33-35)26(32)38;9-6-3-5(1-2-7(6)10)8(13)12-4-11;2*8-5-3-4(7(10)11)1-2-6(5)9;2-1-3;;;1-3-2;1-2;/h1-10,18,24H,11-14H2,(H2,35,42)(H,36,43);5-11,17,21H,12-15H2,1-4H3,(H2,32,38);1-3H,(H,12,13);1-3H;1-3H,(H,10,11);2H;1H4;;;;1H2/q;;;;;-1;;+1;;;/t18-,24+;17-,21+;;;;;;;;;/m11........./s1. The normalized spacial score (nSPS) is 14.9. The number of hydrogen-bond acceptors (Lipinski definition) is 21. The molecule has 10 aromatic rings. The van der Waals surface area contributed by atoms with Crippen LogP contribution in [0.5, 0.6) is 0 Å². The molecule has 3 aliphatic heterocycles. The van der Waals surface area contributed by atoms with Gasteiger partial charge in [0.15, 0.2) is 35.3 Å². The molecule has 672 valence electrons. The summed E-state index contributed by atoms with van der Waals surface area (Å²) >= 11 is 53.6. The van der Waals surface area contributed by atoms with E-state index in [9.17, 15) is 56.7 Å². The molecular weight excluding hydrogens is 2110 g/mol. The summed E-state index contributed by atoms with van der Waals surface area (Å²) in [7, 11) is -0.0333. The van der Waals surface area contributed by atoms with Crippen LogP contribution in [0.1, 0.15) is 121 Å². The van der Waals surface area contributed by atoms with Crippen LogP contribution in [0, 0.1) is 46.0 Å². The molecule has 0 radical (unpaired) electrons. The first-order valence-corrected chi connectivity index (χ1v) is 44.3. The van der Waals surface area contributed by atoms with Crippen LogP contribution in [0.4, 0.5) is 17.6 Å². The first-order valence-electron chi connectivity index (χ1n) is 36.0. The molecule has 0 spiro atoms. The zero-order valence-electron chi connectivity index (χ0n) is 67.2. The molecule has 0 aliphatic carbocycles. The third-order valence-electron chi connectivity index (χ3n) is 19.0. The number of alkyl halides is 2. The van der Waals surface area contributed by atoms with Gasteiger partial charge in [-0.25, -0.2) is 22.4 Å². The zero-order valence-corrected chi connectivity index (χ0v) is 82.8. The quantitative estimate of drug-likeness (QED) is 0.0175. The number of primary amides is 2. The number of aromatic carboxylic acids is 1. The Labute approximate surface area is 839 Å². The number of benzene rings is 8.